The van der Waals surface area contributed by atoms with Gasteiger partial charge in [0.25, 0.3) is 0 Å². The van der Waals surface area contributed by atoms with Crippen LogP contribution in [0.1, 0.15) is 5.56 Å². The van der Waals surface area contributed by atoms with Crippen LogP contribution < -0.4 is 0 Å². The fourth-order valence-corrected chi connectivity index (χ4v) is 2.36. The van der Waals surface area contributed by atoms with Gasteiger partial charge in [0.1, 0.15) is 10.3 Å². The lowest BCUT2D eigenvalue weighted by Gasteiger charge is -2.02. The van der Waals surface area contributed by atoms with Crippen molar-refractivity contribution < 1.29 is 0 Å². The summed E-state index contributed by atoms with van der Waals surface area (Å²) in [6.45, 7) is 0. The molecule has 3 rings (SSSR count). The van der Waals surface area contributed by atoms with Gasteiger partial charge < -0.3 is 0 Å². The van der Waals surface area contributed by atoms with Crippen molar-refractivity contribution in [2.24, 2.45) is 4.99 Å². The van der Waals surface area contributed by atoms with E-state index in [2.05, 4.69) is 15.0 Å². The number of halogens is 2. The van der Waals surface area contributed by atoms with Crippen LogP contribution in [0, 0.1) is 0 Å². The average molecular weight is 328 g/mol. The first kappa shape index (κ1) is 14.7. The Morgan fingerprint density at radius 3 is 2.27 bits per heavy atom. The van der Waals surface area contributed by atoms with E-state index >= 15 is 0 Å². The predicted octanol–water partition coefficient (Wildman–Crippen LogP) is 5.20. The fourth-order valence-electron chi connectivity index (χ4n) is 1.93. The Labute approximate surface area is 138 Å². The lowest BCUT2D eigenvalue weighted by atomic mass is 10.2. The third-order valence-corrected chi connectivity index (χ3v) is 3.32. The van der Waals surface area contributed by atoms with Gasteiger partial charge in [0.2, 0.25) is 0 Å². The van der Waals surface area contributed by atoms with Crippen LogP contribution in [-0.2, 0) is 0 Å². The lowest BCUT2D eigenvalue weighted by Crippen LogP contribution is -1.89. The highest BCUT2D eigenvalue weighted by Gasteiger charge is 2.05. The van der Waals surface area contributed by atoms with E-state index in [1.54, 1.807) is 0 Å². The molecule has 22 heavy (non-hydrogen) atoms. The van der Waals surface area contributed by atoms with E-state index in [9.17, 15) is 0 Å². The van der Waals surface area contributed by atoms with Crippen LogP contribution in [0.4, 0.5) is 5.69 Å². The first-order valence-electron chi connectivity index (χ1n) is 6.60. The van der Waals surface area contributed by atoms with Crippen LogP contribution in [0.25, 0.3) is 11.4 Å². The van der Waals surface area contributed by atoms with Crippen molar-refractivity contribution in [1.82, 2.24) is 9.97 Å². The minimum Gasteiger partial charge on any atom is -0.256 e. The summed E-state index contributed by atoms with van der Waals surface area (Å²) in [5.41, 5.74) is 2.66. The number of aliphatic imine (C=N–C) groups is 1. The normalized spacial score (nSPS) is 11.0. The molecule has 1 heterocycles. The summed E-state index contributed by atoms with van der Waals surface area (Å²) in [7, 11) is 0. The first-order chi connectivity index (χ1) is 10.7. The number of benzene rings is 2. The topological polar surface area (TPSA) is 38.1 Å². The Morgan fingerprint density at radius 1 is 0.818 bits per heavy atom. The molecule has 0 aliphatic carbocycles. The van der Waals surface area contributed by atoms with Crippen LogP contribution in [0.15, 0.2) is 65.7 Å². The van der Waals surface area contributed by atoms with Crippen LogP contribution in [-0.4, -0.2) is 16.2 Å². The highest BCUT2D eigenvalue weighted by molar-refractivity contribution is 6.33. The number of nitrogens with zero attached hydrogens (tertiary/aromatic N) is 3. The molecule has 0 spiro atoms. The summed E-state index contributed by atoms with van der Waals surface area (Å²) in [6.07, 6.45) is 1.81. The Hall–Kier alpha value is -2.23. The molecule has 0 amide bonds. The summed E-state index contributed by atoms with van der Waals surface area (Å²) in [5, 5.41) is 0.626. The summed E-state index contributed by atoms with van der Waals surface area (Å²) >= 11 is 11.8. The maximum atomic E-state index is 5.92. The van der Waals surface area contributed by atoms with Gasteiger partial charge in [0.05, 0.1) is 5.69 Å². The van der Waals surface area contributed by atoms with Crippen LogP contribution in [0.5, 0.6) is 0 Å². The Kier molecular flexibility index (Phi) is 4.47. The quantitative estimate of drug-likeness (QED) is 0.489. The molecule has 0 aliphatic heterocycles. The highest BCUT2D eigenvalue weighted by Crippen LogP contribution is 2.24. The molecule has 3 aromatic rings. The van der Waals surface area contributed by atoms with Crippen molar-refractivity contribution in [2.75, 3.05) is 0 Å². The molecule has 108 valence electrons. The molecule has 5 heteroatoms. The van der Waals surface area contributed by atoms with E-state index in [1.807, 2.05) is 60.8 Å². The van der Waals surface area contributed by atoms with Gasteiger partial charge in [0.15, 0.2) is 5.82 Å². The van der Waals surface area contributed by atoms with E-state index in [0.717, 1.165) is 16.8 Å². The SMILES string of the molecule is Clc1cc(Cl)nc(-c2cccc(N=Cc3ccccc3)c2)n1. The second-order valence-electron chi connectivity index (χ2n) is 4.56. The van der Waals surface area contributed by atoms with Crippen molar-refractivity contribution in [3.8, 4) is 11.4 Å². The molecule has 0 saturated carbocycles. The Balaban J connectivity index is 1.91. The van der Waals surface area contributed by atoms with Crippen LogP contribution in [0.2, 0.25) is 10.3 Å². The van der Waals surface area contributed by atoms with E-state index in [-0.39, 0.29) is 0 Å². The molecule has 2 aromatic carbocycles. The molecule has 0 radical (unpaired) electrons. The minimum absolute atomic E-state index is 0.313. The summed E-state index contributed by atoms with van der Waals surface area (Å²) in [5.74, 6) is 0.481. The van der Waals surface area contributed by atoms with E-state index in [4.69, 9.17) is 23.2 Å². The zero-order valence-corrected chi connectivity index (χ0v) is 13.0. The number of hydrogen-bond donors (Lipinski definition) is 0. The van der Waals surface area contributed by atoms with Crippen molar-refractivity contribution in [1.29, 1.82) is 0 Å². The molecular formula is C17H11Cl2N3. The molecule has 0 atom stereocenters. The van der Waals surface area contributed by atoms with E-state index < -0.39 is 0 Å². The molecule has 1 aromatic heterocycles. The van der Waals surface area contributed by atoms with Gasteiger partial charge in [-0.3, -0.25) is 4.99 Å². The second-order valence-corrected chi connectivity index (χ2v) is 5.33. The van der Waals surface area contributed by atoms with Crippen molar-refractivity contribution in [3.63, 3.8) is 0 Å². The lowest BCUT2D eigenvalue weighted by molar-refractivity contribution is 1.18. The molecule has 0 aliphatic rings. The number of aromatic nitrogens is 2. The monoisotopic (exact) mass is 327 g/mol. The maximum absolute atomic E-state index is 5.92. The van der Waals surface area contributed by atoms with E-state index in [0.29, 0.717) is 16.1 Å². The van der Waals surface area contributed by atoms with Gasteiger partial charge in [0, 0.05) is 17.8 Å². The van der Waals surface area contributed by atoms with Crippen LogP contribution in [0.3, 0.4) is 0 Å². The molecule has 0 fully saturated rings. The zero-order chi connectivity index (χ0) is 15.4. The smallest absolute Gasteiger partial charge is 0.162 e. The predicted molar refractivity (Wildman–Crippen MR) is 91.2 cm³/mol. The maximum Gasteiger partial charge on any atom is 0.162 e. The Bertz CT molecular complexity index is 797. The summed E-state index contributed by atoms with van der Waals surface area (Å²) < 4.78 is 0. The van der Waals surface area contributed by atoms with Crippen molar-refractivity contribution in [2.45, 2.75) is 0 Å². The van der Waals surface area contributed by atoms with Gasteiger partial charge in [-0.1, -0.05) is 65.7 Å². The number of rotatable bonds is 3. The van der Waals surface area contributed by atoms with Crippen LogP contribution >= 0.6 is 23.2 Å². The van der Waals surface area contributed by atoms with Gasteiger partial charge in [-0.15, -0.1) is 0 Å². The largest absolute Gasteiger partial charge is 0.256 e. The Morgan fingerprint density at radius 2 is 1.55 bits per heavy atom. The fraction of sp³-hybridized carbons (Fsp3) is 0. The van der Waals surface area contributed by atoms with Gasteiger partial charge in [-0.2, -0.15) is 0 Å². The third-order valence-electron chi connectivity index (χ3n) is 2.93. The first-order valence-corrected chi connectivity index (χ1v) is 7.36. The minimum atomic E-state index is 0.313. The molecular weight excluding hydrogens is 317 g/mol. The summed E-state index contributed by atoms with van der Waals surface area (Å²) in [4.78, 5) is 12.8. The molecule has 0 bridgehead atoms. The van der Waals surface area contributed by atoms with E-state index in [1.165, 1.54) is 6.07 Å². The zero-order valence-electron chi connectivity index (χ0n) is 11.4. The summed E-state index contributed by atoms with van der Waals surface area (Å²) in [6, 6.07) is 19.0. The van der Waals surface area contributed by atoms with Gasteiger partial charge >= 0.3 is 0 Å². The molecule has 0 saturated heterocycles. The standard InChI is InChI=1S/C17H11Cl2N3/c18-15-10-16(19)22-17(21-15)13-7-4-8-14(9-13)20-11-12-5-2-1-3-6-12/h1-11H. The highest BCUT2D eigenvalue weighted by atomic mass is 35.5. The third kappa shape index (κ3) is 3.70. The number of hydrogen-bond acceptors (Lipinski definition) is 3. The van der Waals surface area contributed by atoms with Crippen molar-refractivity contribution >= 4 is 35.1 Å². The van der Waals surface area contributed by atoms with Gasteiger partial charge in [-0.05, 0) is 17.7 Å². The van der Waals surface area contributed by atoms with Crippen molar-refractivity contribution in [3.05, 3.63) is 76.5 Å². The molecule has 0 unspecified atom stereocenters. The molecule has 3 nitrogen and oxygen atoms in total. The van der Waals surface area contributed by atoms with Gasteiger partial charge in [-0.25, -0.2) is 9.97 Å². The second kappa shape index (κ2) is 6.69. The average Bonchev–Trinajstić information content (AvgIpc) is 2.53. The molecule has 0 N–H and O–H groups in total.